The molecule has 0 atom stereocenters. The van der Waals surface area contributed by atoms with Gasteiger partial charge in [-0.3, -0.25) is 0 Å². The first kappa shape index (κ1) is 13.7. The van der Waals surface area contributed by atoms with Gasteiger partial charge >= 0.3 is 0 Å². The fraction of sp³-hybridized carbons (Fsp3) is 0.500. The van der Waals surface area contributed by atoms with Gasteiger partial charge in [0.15, 0.2) is 0 Å². The Balaban J connectivity index is 0.00000169. The molecular weight excluding hydrogens is 238 g/mol. The van der Waals surface area contributed by atoms with Gasteiger partial charge in [-0.1, -0.05) is 30.3 Å². The number of rotatable bonds is 2. The third-order valence-corrected chi connectivity index (χ3v) is 3.16. The summed E-state index contributed by atoms with van der Waals surface area (Å²) in [6, 6.07) is 10.7. The summed E-state index contributed by atoms with van der Waals surface area (Å²) in [7, 11) is 6.69. The zero-order chi connectivity index (χ0) is 10.1. The predicted octanol–water partition coefficient (Wildman–Crippen LogP) is -0.368. The summed E-state index contributed by atoms with van der Waals surface area (Å²) in [6.45, 7) is 4.56. The highest BCUT2D eigenvalue weighted by molar-refractivity contribution is 5.20. The molecule has 0 aromatic heterocycles. The second-order valence-electron chi connectivity index (χ2n) is 4.94. The minimum atomic E-state index is 0. The van der Waals surface area contributed by atoms with Gasteiger partial charge in [-0.15, -0.1) is 0 Å². The number of nitrogens with zero attached hydrogens (tertiary/aromatic N) is 1. The van der Waals surface area contributed by atoms with E-state index in [2.05, 4.69) is 65.3 Å². The maximum Gasteiger partial charge on any atom is 0.118 e. The molecule has 0 bridgehead atoms. The van der Waals surface area contributed by atoms with Crippen molar-refractivity contribution >= 4 is 0 Å². The summed E-state index contributed by atoms with van der Waals surface area (Å²) in [5.41, 5.74) is 1.56. The standard InChI is InChI=1S/C12H20N.BrH/c1-12(2,13(3,4)5)11-9-7-6-8-10-11;/h6-10H,1-5H3;1H/q+1;/p-1. The van der Waals surface area contributed by atoms with Crippen molar-refractivity contribution in [2.24, 2.45) is 0 Å². The fourth-order valence-corrected chi connectivity index (χ4v) is 1.23. The molecule has 0 spiro atoms. The van der Waals surface area contributed by atoms with E-state index in [1.807, 2.05) is 0 Å². The van der Waals surface area contributed by atoms with Crippen LogP contribution in [0, 0.1) is 0 Å². The van der Waals surface area contributed by atoms with E-state index in [0.29, 0.717) is 0 Å². The van der Waals surface area contributed by atoms with Gasteiger partial charge in [0.05, 0.1) is 21.1 Å². The Kier molecular flexibility index (Phi) is 4.34. The zero-order valence-electron chi connectivity index (χ0n) is 9.71. The Bertz CT molecular complexity index is 272. The molecule has 1 aromatic rings. The van der Waals surface area contributed by atoms with E-state index in [1.165, 1.54) is 5.56 Å². The van der Waals surface area contributed by atoms with Crippen LogP contribution in [0.5, 0.6) is 0 Å². The molecule has 14 heavy (non-hydrogen) atoms. The normalized spacial score (nSPS) is 12.1. The van der Waals surface area contributed by atoms with Crippen molar-refractivity contribution in [3.05, 3.63) is 35.9 Å². The van der Waals surface area contributed by atoms with Crippen LogP contribution in [0.2, 0.25) is 0 Å². The lowest BCUT2D eigenvalue weighted by Crippen LogP contribution is -3.00. The molecule has 0 heterocycles. The molecule has 0 unspecified atom stereocenters. The van der Waals surface area contributed by atoms with Crippen LogP contribution < -0.4 is 17.0 Å². The third-order valence-electron chi connectivity index (χ3n) is 3.16. The lowest BCUT2D eigenvalue weighted by atomic mass is 9.91. The Labute approximate surface area is 98.1 Å². The molecule has 1 rings (SSSR count). The molecule has 0 amide bonds. The van der Waals surface area contributed by atoms with Crippen molar-refractivity contribution in [2.45, 2.75) is 19.4 Å². The van der Waals surface area contributed by atoms with Crippen LogP contribution in [0.1, 0.15) is 19.4 Å². The van der Waals surface area contributed by atoms with Gasteiger partial charge in [-0.2, -0.15) is 0 Å². The van der Waals surface area contributed by atoms with Crippen molar-refractivity contribution < 1.29 is 21.5 Å². The second-order valence-corrected chi connectivity index (χ2v) is 4.94. The van der Waals surface area contributed by atoms with Crippen LogP contribution >= 0.6 is 0 Å². The van der Waals surface area contributed by atoms with Crippen LogP contribution in [0.15, 0.2) is 30.3 Å². The number of quaternary nitrogens is 1. The van der Waals surface area contributed by atoms with Crippen molar-refractivity contribution in [2.75, 3.05) is 21.1 Å². The molecule has 0 saturated heterocycles. The van der Waals surface area contributed by atoms with Crippen LogP contribution in [0.4, 0.5) is 0 Å². The average molecular weight is 258 g/mol. The molecule has 2 heteroatoms. The number of hydrogen-bond donors (Lipinski definition) is 0. The fourth-order valence-electron chi connectivity index (χ4n) is 1.23. The highest BCUT2D eigenvalue weighted by Gasteiger charge is 2.34. The smallest absolute Gasteiger partial charge is 0.118 e. The molecule has 1 aromatic carbocycles. The molecule has 0 aliphatic heterocycles. The second kappa shape index (κ2) is 4.45. The first-order chi connectivity index (χ1) is 5.86. The lowest BCUT2D eigenvalue weighted by molar-refractivity contribution is -0.927. The zero-order valence-corrected chi connectivity index (χ0v) is 11.3. The largest absolute Gasteiger partial charge is 1.00 e. The summed E-state index contributed by atoms with van der Waals surface area (Å²) in [5, 5.41) is 0. The van der Waals surface area contributed by atoms with Crippen molar-refractivity contribution in [1.82, 2.24) is 0 Å². The summed E-state index contributed by atoms with van der Waals surface area (Å²) in [5.74, 6) is 0. The Morgan fingerprint density at radius 2 is 1.36 bits per heavy atom. The molecule has 0 fully saturated rings. The molecular formula is C12H20BrN. The van der Waals surface area contributed by atoms with E-state index < -0.39 is 0 Å². The summed E-state index contributed by atoms with van der Waals surface area (Å²) in [6.07, 6.45) is 0. The summed E-state index contributed by atoms with van der Waals surface area (Å²) >= 11 is 0. The minimum Gasteiger partial charge on any atom is -1.00 e. The topological polar surface area (TPSA) is 0 Å². The van der Waals surface area contributed by atoms with E-state index in [0.717, 1.165) is 4.48 Å². The summed E-state index contributed by atoms with van der Waals surface area (Å²) < 4.78 is 0.941. The van der Waals surface area contributed by atoms with Gasteiger partial charge in [0, 0.05) is 5.56 Å². The van der Waals surface area contributed by atoms with Gasteiger partial charge in [-0.25, -0.2) is 0 Å². The number of halogens is 1. The van der Waals surface area contributed by atoms with E-state index in [-0.39, 0.29) is 22.5 Å². The predicted molar refractivity (Wildman–Crippen MR) is 57.5 cm³/mol. The Morgan fingerprint density at radius 1 is 0.929 bits per heavy atom. The first-order valence-electron chi connectivity index (χ1n) is 4.73. The maximum atomic E-state index is 2.28. The van der Waals surface area contributed by atoms with Crippen molar-refractivity contribution in [3.8, 4) is 0 Å². The SMILES string of the molecule is CC(C)(c1ccccc1)[N+](C)(C)C.[Br-]. The van der Waals surface area contributed by atoms with Gasteiger partial charge < -0.3 is 21.5 Å². The molecule has 0 aliphatic rings. The van der Waals surface area contributed by atoms with Crippen LogP contribution in [0.25, 0.3) is 0 Å². The van der Waals surface area contributed by atoms with E-state index in [4.69, 9.17) is 0 Å². The monoisotopic (exact) mass is 257 g/mol. The van der Waals surface area contributed by atoms with E-state index in [9.17, 15) is 0 Å². The molecule has 80 valence electrons. The van der Waals surface area contributed by atoms with E-state index >= 15 is 0 Å². The highest BCUT2D eigenvalue weighted by Crippen LogP contribution is 2.29. The molecule has 0 N–H and O–H groups in total. The van der Waals surface area contributed by atoms with Crippen molar-refractivity contribution in [3.63, 3.8) is 0 Å². The van der Waals surface area contributed by atoms with Crippen LogP contribution in [0.3, 0.4) is 0 Å². The number of hydrogen-bond acceptors (Lipinski definition) is 0. The molecule has 0 saturated carbocycles. The van der Waals surface area contributed by atoms with Gasteiger partial charge in [-0.05, 0) is 13.8 Å². The molecule has 0 aliphatic carbocycles. The quantitative estimate of drug-likeness (QED) is 0.635. The van der Waals surface area contributed by atoms with Gasteiger partial charge in [0.1, 0.15) is 5.54 Å². The van der Waals surface area contributed by atoms with Gasteiger partial charge in [0.25, 0.3) is 0 Å². The third kappa shape index (κ3) is 2.58. The van der Waals surface area contributed by atoms with Crippen molar-refractivity contribution in [1.29, 1.82) is 0 Å². The maximum absolute atomic E-state index is 2.28. The van der Waals surface area contributed by atoms with Gasteiger partial charge in [0.2, 0.25) is 0 Å². The van der Waals surface area contributed by atoms with E-state index in [1.54, 1.807) is 0 Å². The average Bonchev–Trinajstić information content (AvgIpc) is 2.04. The lowest BCUT2D eigenvalue weighted by Gasteiger charge is -2.41. The van der Waals surface area contributed by atoms with Crippen LogP contribution in [-0.4, -0.2) is 25.6 Å². The first-order valence-corrected chi connectivity index (χ1v) is 4.73. The number of benzene rings is 1. The molecule has 1 nitrogen and oxygen atoms in total. The Morgan fingerprint density at radius 3 is 1.71 bits per heavy atom. The summed E-state index contributed by atoms with van der Waals surface area (Å²) in [4.78, 5) is 0. The highest BCUT2D eigenvalue weighted by atomic mass is 79.9. The Hall–Kier alpha value is -0.340. The van der Waals surface area contributed by atoms with Crippen LogP contribution in [-0.2, 0) is 5.54 Å². The molecule has 0 radical (unpaired) electrons. The minimum absolute atomic E-state index is 0.